The van der Waals surface area contributed by atoms with Gasteiger partial charge in [-0.2, -0.15) is 0 Å². The number of aromatic hydroxyl groups is 1. The lowest BCUT2D eigenvalue weighted by molar-refractivity contribution is 0.0236. The summed E-state index contributed by atoms with van der Waals surface area (Å²) in [6.07, 6.45) is 0.0290. The number of H-pyrrole nitrogens is 2. The molecule has 2 heterocycles. The molecule has 0 aliphatic rings. The van der Waals surface area contributed by atoms with E-state index in [4.69, 9.17) is 4.74 Å². The van der Waals surface area contributed by atoms with Gasteiger partial charge in [0.2, 0.25) is 0 Å². The first kappa shape index (κ1) is 22.8. The van der Waals surface area contributed by atoms with Gasteiger partial charge in [0.1, 0.15) is 29.3 Å². The molecule has 0 unspecified atom stereocenters. The maximum Gasteiger partial charge on any atom is 0.410 e. The van der Waals surface area contributed by atoms with Crippen LogP contribution in [-0.2, 0) is 24.3 Å². The highest BCUT2D eigenvalue weighted by atomic mass is 32.1. The minimum absolute atomic E-state index is 0.0191. The molecular formula is C23H26N4O5S. The van der Waals surface area contributed by atoms with E-state index in [1.807, 2.05) is 39.0 Å². The van der Waals surface area contributed by atoms with Crippen molar-refractivity contribution in [2.24, 2.45) is 0 Å². The third-order valence-electron chi connectivity index (χ3n) is 5.06. The molecule has 2 aromatic heterocycles. The van der Waals surface area contributed by atoms with Crippen LogP contribution in [0.5, 0.6) is 5.75 Å². The molecule has 4 N–H and O–H groups in total. The molecule has 33 heavy (non-hydrogen) atoms. The molecule has 0 bridgehead atoms. The summed E-state index contributed by atoms with van der Waals surface area (Å²) in [5.74, 6) is 0.499. The Morgan fingerprint density at radius 1 is 1.21 bits per heavy atom. The second-order valence-electron chi connectivity index (χ2n) is 8.81. The summed E-state index contributed by atoms with van der Waals surface area (Å²) in [5, 5.41) is 19.3. The lowest BCUT2D eigenvalue weighted by atomic mass is 10.1. The molecule has 0 radical (unpaired) electrons. The Labute approximate surface area is 193 Å². The lowest BCUT2D eigenvalue weighted by Gasteiger charge is -2.27. The van der Waals surface area contributed by atoms with E-state index in [9.17, 15) is 19.8 Å². The zero-order valence-electron chi connectivity index (χ0n) is 18.6. The number of amides is 1. The van der Waals surface area contributed by atoms with Crippen LogP contribution in [0.3, 0.4) is 0 Å². The number of carbonyl (C=O) groups excluding carboxylic acids is 1. The van der Waals surface area contributed by atoms with Gasteiger partial charge in [0.05, 0.1) is 15.7 Å². The number of aliphatic hydroxyl groups is 1. The number of phenolic OH excluding ortho intramolecular Hbond substituents is 1. The van der Waals surface area contributed by atoms with Crippen molar-refractivity contribution in [3.63, 3.8) is 0 Å². The number of aliphatic hydroxyl groups excluding tert-OH is 1. The van der Waals surface area contributed by atoms with E-state index in [1.165, 1.54) is 0 Å². The van der Waals surface area contributed by atoms with Gasteiger partial charge in [0, 0.05) is 13.1 Å². The van der Waals surface area contributed by atoms with Crippen molar-refractivity contribution >= 4 is 38.7 Å². The highest BCUT2D eigenvalue weighted by molar-refractivity contribution is 7.16. The van der Waals surface area contributed by atoms with Crippen LogP contribution in [0.2, 0.25) is 0 Å². The molecule has 0 atom stereocenters. The molecule has 2 aromatic carbocycles. The van der Waals surface area contributed by atoms with Gasteiger partial charge in [-0.1, -0.05) is 23.5 Å². The molecule has 0 spiro atoms. The predicted octanol–water partition coefficient (Wildman–Crippen LogP) is 3.64. The van der Waals surface area contributed by atoms with Crippen LogP contribution < -0.4 is 4.87 Å². The Morgan fingerprint density at radius 3 is 2.73 bits per heavy atom. The number of carbonyl (C=O) groups is 1. The van der Waals surface area contributed by atoms with Gasteiger partial charge >= 0.3 is 11.0 Å². The van der Waals surface area contributed by atoms with Gasteiger partial charge < -0.3 is 29.8 Å². The second-order valence-corrected chi connectivity index (χ2v) is 9.79. The zero-order valence-corrected chi connectivity index (χ0v) is 19.5. The summed E-state index contributed by atoms with van der Waals surface area (Å²) in [7, 11) is 0. The molecule has 0 aliphatic heterocycles. The SMILES string of the molecule is CC(C)(C)OC(=O)N(CCc1ccc(O)c2[nH]c(=O)sc12)Cc1ccc2[nH]c(CO)nc2c1. The smallest absolute Gasteiger partial charge is 0.410 e. The number of ether oxygens (including phenoxy) is 1. The van der Waals surface area contributed by atoms with Gasteiger partial charge in [-0.3, -0.25) is 4.79 Å². The van der Waals surface area contributed by atoms with Crippen LogP contribution in [0.1, 0.15) is 37.7 Å². The van der Waals surface area contributed by atoms with Crippen LogP contribution in [0, 0.1) is 0 Å². The summed E-state index contributed by atoms with van der Waals surface area (Å²) in [6.45, 7) is 5.92. The van der Waals surface area contributed by atoms with E-state index >= 15 is 0 Å². The Bertz CT molecular complexity index is 1360. The number of aromatic amines is 2. The highest BCUT2D eigenvalue weighted by Gasteiger charge is 2.23. The van der Waals surface area contributed by atoms with Crippen molar-refractivity contribution in [2.45, 2.75) is 45.9 Å². The number of rotatable bonds is 6. The summed E-state index contributed by atoms with van der Waals surface area (Å²) in [5.41, 5.74) is 3.00. The number of phenols is 1. The molecule has 0 saturated carbocycles. The summed E-state index contributed by atoms with van der Waals surface area (Å²) >= 11 is 1.03. The molecule has 9 nitrogen and oxygen atoms in total. The largest absolute Gasteiger partial charge is 0.506 e. The topological polar surface area (TPSA) is 132 Å². The third-order valence-corrected chi connectivity index (χ3v) is 6.02. The number of thiazole rings is 1. The van der Waals surface area contributed by atoms with E-state index in [0.717, 1.165) is 28.0 Å². The number of benzene rings is 2. The molecule has 4 aromatic rings. The zero-order chi connectivity index (χ0) is 23.8. The molecule has 4 rings (SSSR count). The van der Waals surface area contributed by atoms with Gasteiger partial charge in [-0.05, 0) is 56.5 Å². The molecule has 0 fully saturated rings. The van der Waals surface area contributed by atoms with Crippen molar-refractivity contribution in [3.8, 4) is 5.75 Å². The van der Waals surface area contributed by atoms with E-state index in [1.54, 1.807) is 17.0 Å². The quantitative estimate of drug-likeness (QED) is 0.340. The van der Waals surface area contributed by atoms with Crippen LogP contribution >= 0.6 is 11.3 Å². The first-order valence-corrected chi connectivity index (χ1v) is 11.3. The molecule has 174 valence electrons. The average molecular weight is 471 g/mol. The van der Waals surface area contributed by atoms with Crippen molar-refractivity contribution in [1.29, 1.82) is 0 Å². The molecule has 0 saturated heterocycles. The summed E-state index contributed by atoms with van der Waals surface area (Å²) in [4.78, 5) is 36.2. The van der Waals surface area contributed by atoms with Crippen LogP contribution in [0.15, 0.2) is 35.1 Å². The number of hydrogen-bond acceptors (Lipinski definition) is 7. The average Bonchev–Trinajstić information content (AvgIpc) is 3.34. The maximum absolute atomic E-state index is 13.0. The first-order chi connectivity index (χ1) is 15.6. The van der Waals surface area contributed by atoms with E-state index in [2.05, 4.69) is 15.0 Å². The number of nitrogens with one attached hydrogen (secondary N) is 2. The van der Waals surface area contributed by atoms with Crippen molar-refractivity contribution < 1.29 is 19.7 Å². The van der Waals surface area contributed by atoms with E-state index < -0.39 is 11.7 Å². The Morgan fingerprint density at radius 2 is 2.00 bits per heavy atom. The van der Waals surface area contributed by atoms with Crippen molar-refractivity contribution in [2.75, 3.05) is 6.54 Å². The van der Waals surface area contributed by atoms with Gasteiger partial charge in [-0.25, -0.2) is 9.78 Å². The minimum Gasteiger partial charge on any atom is -0.506 e. The minimum atomic E-state index is -0.649. The fourth-order valence-electron chi connectivity index (χ4n) is 3.58. The molecular weight excluding hydrogens is 444 g/mol. The van der Waals surface area contributed by atoms with Gasteiger partial charge in [-0.15, -0.1) is 0 Å². The maximum atomic E-state index is 13.0. The molecule has 1 amide bonds. The molecule has 0 aliphatic carbocycles. The van der Waals surface area contributed by atoms with Crippen LogP contribution in [0.4, 0.5) is 4.79 Å². The monoisotopic (exact) mass is 470 g/mol. The van der Waals surface area contributed by atoms with Crippen molar-refractivity contribution in [1.82, 2.24) is 19.9 Å². The summed E-state index contributed by atoms with van der Waals surface area (Å²) in [6, 6.07) is 8.95. The Balaban J connectivity index is 1.59. The third kappa shape index (κ3) is 5.18. The number of fused-ring (bicyclic) bond motifs is 2. The standard InChI is InChI=1S/C23H26N4O5S/c1-23(2,3)32-22(31)27(11-13-4-6-15-16(10-13)25-18(12-28)24-15)9-8-14-5-7-17(29)19-20(14)33-21(30)26-19/h4-7,10,28-29H,8-9,11-12H2,1-3H3,(H,24,25)(H,26,30). The lowest BCUT2D eigenvalue weighted by Crippen LogP contribution is -2.37. The van der Waals surface area contributed by atoms with E-state index in [-0.39, 0.29) is 17.2 Å². The second kappa shape index (κ2) is 8.87. The van der Waals surface area contributed by atoms with E-state index in [0.29, 0.717) is 41.1 Å². The van der Waals surface area contributed by atoms with Crippen LogP contribution in [0.25, 0.3) is 21.3 Å². The Hall–Kier alpha value is -3.37. The van der Waals surface area contributed by atoms with Crippen molar-refractivity contribution in [3.05, 3.63) is 57.0 Å². The normalized spacial score (nSPS) is 11.9. The van der Waals surface area contributed by atoms with Crippen LogP contribution in [-0.4, -0.2) is 48.3 Å². The number of imidazole rings is 1. The number of nitrogens with zero attached hydrogens (tertiary/aromatic N) is 2. The Kier molecular flexibility index (Phi) is 6.13. The summed E-state index contributed by atoms with van der Waals surface area (Å²) < 4.78 is 6.30. The fraction of sp³-hybridized carbons (Fsp3) is 0.348. The number of aromatic nitrogens is 3. The van der Waals surface area contributed by atoms with Gasteiger partial charge in [0.25, 0.3) is 0 Å². The first-order valence-electron chi connectivity index (χ1n) is 10.5. The predicted molar refractivity (Wildman–Crippen MR) is 126 cm³/mol. The number of hydrogen-bond donors (Lipinski definition) is 4. The highest BCUT2D eigenvalue weighted by Crippen LogP contribution is 2.28. The molecule has 10 heteroatoms. The fourth-order valence-corrected chi connectivity index (χ4v) is 4.48. The van der Waals surface area contributed by atoms with Gasteiger partial charge in [0.15, 0.2) is 0 Å².